The van der Waals surface area contributed by atoms with E-state index < -0.39 is 10.2 Å². The van der Waals surface area contributed by atoms with Crippen LogP contribution in [0.3, 0.4) is 0 Å². The minimum Gasteiger partial charge on any atom is -0.317 e. The highest BCUT2D eigenvalue weighted by molar-refractivity contribution is 7.86. The van der Waals surface area contributed by atoms with Crippen LogP contribution in [0, 0.1) is 5.92 Å². The predicted octanol–water partition coefficient (Wildman–Crippen LogP) is 0.435. The summed E-state index contributed by atoms with van der Waals surface area (Å²) in [5, 5.41) is 3.30. The average Bonchev–Trinajstić information content (AvgIpc) is 2.81. The third-order valence-electron chi connectivity index (χ3n) is 4.18. The van der Waals surface area contributed by atoms with E-state index in [1.54, 1.807) is 11.4 Å². The van der Waals surface area contributed by atoms with E-state index in [9.17, 15) is 8.42 Å². The van der Waals surface area contributed by atoms with Crippen molar-refractivity contribution in [1.29, 1.82) is 0 Å². The molecule has 0 saturated carbocycles. The van der Waals surface area contributed by atoms with Crippen molar-refractivity contribution in [2.45, 2.75) is 32.7 Å². The molecular weight excluding hydrogens is 288 g/mol. The molecule has 1 heterocycles. The maximum Gasteiger partial charge on any atom is 0.281 e. The van der Waals surface area contributed by atoms with E-state index in [1.165, 1.54) is 4.31 Å². The van der Waals surface area contributed by atoms with Crippen LogP contribution in [-0.4, -0.2) is 81.8 Å². The fourth-order valence-electron chi connectivity index (χ4n) is 2.81. The summed E-state index contributed by atoms with van der Waals surface area (Å²) in [4.78, 5) is 2.12. The molecule has 1 aliphatic rings. The Labute approximate surface area is 130 Å². The van der Waals surface area contributed by atoms with Gasteiger partial charge in [0.05, 0.1) is 0 Å². The number of hydrogen-bond donors (Lipinski definition) is 1. The van der Waals surface area contributed by atoms with E-state index in [0.717, 1.165) is 25.9 Å². The molecule has 1 saturated heterocycles. The first-order valence-corrected chi connectivity index (χ1v) is 9.29. The second-order valence-electron chi connectivity index (χ2n) is 6.26. The maximum atomic E-state index is 12.6. The lowest BCUT2D eigenvalue weighted by Gasteiger charge is -2.25. The molecule has 2 atom stereocenters. The van der Waals surface area contributed by atoms with Crippen molar-refractivity contribution in [3.63, 3.8) is 0 Å². The summed E-state index contributed by atoms with van der Waals surface area (Å²) >= 11 is 0. The van der Waals surface area contributed by atoms with Crippen LogP contribution < -0.4 is 5.32 Å². The topological polar surface area (TPSA) is 55.9 Å². The van der Waals surface area contributed by atoms with Crippen LogP contribution in [0.25, 0.3) is 0 Å². The summed E-state index contributed by atoms with van der Waals surface area (Å²) in [7, 11) is 2.39. The van der Waals surface area contributed by atoms with Crippen LogP contribution in [0.1, 0.15) is 26.7 Å². The van der Waals surface area contributed by atoms with E-state index in [1.807, 2.05) is 14.1 Å². The predicted molar refractivity (Wildman–Crippen MR) is 87.5 cm³/mol. The fraction of sp³-hybridized carbons (Fsp3) is 1.00. The molecule has 126 valence electrons. The Bertz CT molecular complexity index is 400. The highest BCUT2D eigenvalue weighted by atomic mass is 32.2. The molecule has 0 aromatic rings. The zero-order valence-corrected chi connectivity index (χ0v) is 15.0. The lowest BCUT2D eigenvalue weighted by molar-refractivity contribution is 0.262. The molecule has 0 aromatic heterocycles. The van der Waals surface area contributed by atoms with Crippen molar-refractivity contribution in [1.82, 2.24) is 18.8 Å². The van der Waals surface area contributed by atoms with Crippen LogP contribution in [0.2, 0.25) is 0 Å². The number of nitrogens with one attached hydrogen (secondary N) is 1. The standard InChI is InChI=1S/C14H32N4O2S/c1-6-8-15-9-7-10-17(5)21(19,20)18-11-13(2)14(12-18)16(3)4/h13-15H,6-12H2,1-5H3. The third-order valence-corrected chi connectivity index (χ3v) is 6.10. The van der Waals surface area contributed by atoms with Gasteiger partial charge in [0.15, 0.2) is 0 Å². The average molecular weight is 321 g/mol. The van der Waals surface area contributed by atoms with Gasteiger partial charge in [0.2, 0.25) is 0 Å². The molecule has 0 amide bonds. The minimum atomic E-state index is -3.32. The van der Waals surface area contributed by atoms with Gasteiger partial charge in [-0.3, -0.25) is 0 Å². The Morgan fingerprint density at radius 2 is 1.86 bits per heavy atom. The molecule has 7 heteroatoms. The van der Waals surface area contributed by atoms with E-state index >= 15 is 0 Å². The summed E-state index contributed by atoms with van der Waals surface area (Å²) in [5.41, 5.74) is 0. The molecular formula is C14H32N4O2S. The first-order valence-electron chi connectivity index (χ1n) is 7.89. The molecule has 1 N–H and O–H groups in total. The first kappa shape index (κ1) is 18.8. The minimum absolute atomic E-state index is 0.305. The molecule has 0 bridgehead atoms. The molecule has 21 heavy (non-hydrogen) atoms. The van der Waals surface area contributed by atoms with Gasteiger partial charge in [0, 0.05) is 32.7 Å². The monoisotopic (exact) mass is 320 g/mol. The Balaban J connectivity index is 2.49. The largest absolute Gasteiger partial charge is 0.317 e. The molecule has 1 aliphatic heterocycles. The van der Waals surface area contributed by atoms with Gasteiger partial charge in [0.25, 0.3) is 10.2 Å². The van der Waals surface area contributed by atoms with E-state index in [2.05, 4.69) is 24.1 Å². The van der Waals surface area contributed by atoms with Crippen LogP contribution >= 0.6 is 0 Å². The van der Waals surface area contributed by atoms with Gasteiger partial charge in [0.1, 0.15) is 0 Å². The number of hydrogen-bond acceptors (Lipinski definition) is 4. The molecule has 1 fully saturated rings. The molecule has 0 aliphatic carbocycles. The van der Waals surface area contributed by atoms with Crippen molar-refractivity contribution in [2.75, 3.05) is 53.9 Å². The van der Waals surface area contributed by atoms with Crippen LogP contribution in [0.15, 0.2) is 0 Å². The second kappa shape index (κ2) is 8.43. The maximum absolute atomic E-state index is 12.6. The molecule has 0 aromatic carbocycles. The Morgan fingerprint density at radius 3 is 2.38 bits per heavy atom. The summed E-state index contributed by atoms with van der Waals surface area (Å²) < 4.78 is 28.3. The number of likely N-dealkylation sites (N-methyl/N-ethyl adjacent to an activating group) is 1. The fourth-order valence-corrected chi connectivity index (χ4v) is 4.33. The van der Waals surface area contributed by atoms with E-state index in [0.29, 0.717) is 31.6 Å². The van der Waals surface area contributed by atoms with Gasteiger partial charge >= 0.3 is 0 Å². The molecule has 2 unspecified atom stereocenters. The van der Waals surface area contributed by atoms with E-state index in [4.69, 9.17) is 0 Å². The highest BCUT2D eigenvalue weighted by Crippen LogP contribution is 2.23. The highest BCUT2D eigenvalue weighted by Gasteiger charge is 2.38. The first-order chi connectivity index (χ1) is 9.80. The second-order valence-corrected chi connectivity index (χ2v) is 8.29. The van der Waals surface area contributed by atoms with Crippen LogP contribution in [-0.2, 0) is 10.2 Å². The third kappa shape index (κ3) is 5.17. The van der Waals surface area contributed by atoms with Crippen LogP contribution in [0.4, 0.5) is 0 Å². The Hall–Kier alpha value is -0.210. The van der Waals surface area contributed by atoms with Crippen molar-refractivity contribution in [3.8, 4) is 0 Å². The summed E-state index contributed by atoms with van der Waals surface area (Å²) in [6, 6.07) is 0.305. The zero-order valence-electron chi connectivity index (χ0n) is 14.2. The van der Waals surface area contributed by atoms with Crippen LogP contribution in [0.5, 0.6) is 0 Å². The summed E-state index contributed by atoms with van der Waals surface area (Å²) in [6.07, 6.45) is 1.95. The van der Waals surface area contributed by atoms with Crippen molar-refractivity contribution in [2.24, 2.45) is 5.92 Å². The van der Waals surface area contributed by atoms with Gasteiger partial charge < -0.3 is 10.2 Å². The zero-order chi connectivity index (χ0) is 16.0. The quantitative estimate of drug-likeness (QED) is 0.626. The molecule has 1 rings (SSSR count). The number of nitrogens with zero attached hydrogens (tertiary/aromatic N) is 3. The van der Waals surface area contributed by atoms with Gasteiger partial charge in [-0.25, -0.2) is 0 Å². The lowest BCUT2D eigenvalue weighted by Crippen LogP contribution is -2.43. The Kier molecular flexibility index (Phi) is 7.56. The van der Waals surface area contributed by atoms with E-state index in [-0.39, 0.29) is 0 Å². The van der Waals surface area contributed by atoms with Gasteiger partial charge in [-0.15, -0.1) is 0 Å². The van der Waals surface area contributed by atoms with Gasteiger partial charge in [-0.05, 0) is 45.9 Å². The SMILES string of the molecule is CCCNCCCN(C)S(=O)(=O)N1CC(C)C(N(C)C)C1. The summed E-state index contributed by atoms with van der Waals surface area (Å²) in [6.45, 7) is 7.87. The smallest absolute Gasteiger partial charge is 0.281 e. The molecule has 6 nitrogen and oxygen atoms in total. The number of rotatable bonds is 9. The van der Waals surface area contributed by atoms with Crippen molar-refractivity contribution < 1.29 is 8.42 Å². The Morgan fingerprint density at radius 1 is 1.19 bits per heavy atom. The van der Waals surface area contributed by atoms with Crippen molar-refractivity contribution in [3.05, 3.63) is 0 Å². The van der Waals surface area contributed by atoms with Gasteiger partial charge in [-0.1, -0.05) is 13.8 Å². The van der Waals surface area contributed by atoms with Crippen molar-refractivity contribution >= 4 is 10.2 Å². The normalized spacial score (nSPS) is 24.3. The summed E-state index contributed by atoms with van der Waals surface area (Å²) in [5.74, 6) is 0.370. The molecule has 0 spiro atoms. The van der Waals surface area contributed by atoms with Gasteiger partial charge in [-0.2, -0.15) is 17.0 Å². The lowest BCUT2D eigenvalue weighted by atomic mass is 10.1. The molecule has 0 radical (unpaired) electrons.